The van der Waals surface area contributed by atoms with Gasteiger partial charge in [-0.05, 0) is 55.4 Å². The van der Waals surface area contributed by atoms with Crippen molar-refractivity contribution in [1.29, 1.82) is 0 Å². The van der Waals surface area contributed by atoms with Crippen molar-refractivity contribution in [3.8, 4) is 0 Å². The largest absolute Gasteiger partial charge is 0.443 e. The van der Waals surface area contributed by atoms with Crippen LogP contribution in [0.2, 0.25) is 0 Å². The standard InChI is InChI=1S/C33H42N4O8S/c1-20(2)17-37(46(41,42)22-10-11-25-24(16-22)30(31(39)35-25)26-9-6-13-34-26)18-28(38)27(15-21-7-4-3-5-8-21)36-33(40)45-29-19-44-32-23(29)12-14-43-32/h3-5,7-8,10-11,16,20,23,27-29,32,34,38H,6,9,12-15,17-19H2,1-2H3,(H,35,39)(H,36,40)/b30-26+. The van der Waals surface area contributed by atoms with Gasteiger partial charge in [0.25, 0.3) is 5.91 Å². The van der Waals surface area contributed by atoms with Gasteiger partial charge in [-0.2, -0.15) is 4.31 Å². The third kappa shape index (κ3) is 6.93. The fourth-order valence-electron chi connectivity index (χ4n) is 6.60. The second-order valence-electron chi connectivity index (χ2n) is 12.7. The number of carbonyl (C=O) groups excluding carboxylic acids is 2. The number of alkyl carbamates (subject to hydrolysis) is 1. The first-order valence-electron chi connectivity index (χ1n) is 16.0. The van der Waals surface area contributed by atoms with Crippen molar-refractivity contribution < 1.29 is 37.3 Å². The van der Waals surface area contributed by atoms with Gasteiger partial charge in [0.05, 0.1) is 41.7 Å². The molecule has 5 unspecified atom stereocenters. The Hall–Kier alpha value is -3.49. The molecular formula is C33H42N4O8S. The third-order valence-electron chi connectivity index (χ3n) is 8.89. The molecule has 12 nitrogen and oxygen atoms in total. The zero-order valence-corrected chi connectivity index (χ0v) is 26.9. The predicted octanol–water partition coefficient (Wildman–Crippen LogP) is 2.84. The van der Waals surface area contributed by atoms with Gasteiger partial charge >= 0.3 is 6.09 Å². The van der Waals surface area contributed by atoms with Gasteiger partial charge in [0.15, 0.2) is 6.29 Å². The number of aliphatic hydroxyl groups is 1. The predicted molar refractivity (Wildman–Crippen MR) is 170 cm³/mol. The van der Waals surface area contributed by atoms with Crippen LogP contribution in [-0.2, 0) is 35.4 Å². The SMILES string of the molecule is CC(C)CN(CC(O)C(Cc1ccccc1)NC(=O)OC1COC2OCCC12)S(=O)(=O)c1ccc2c(c1)/C(=C1/CCCN1)C(=O)N2. The molecular weight excluding hydrogens is 612 g/mol. The highest BCUT2D eigenvalue weighted by molar-refractivity contribution is 7.89. The number of hydrogen-bond acceptors (Lipinski definition) is 9. The molecule has 4 heterocycles. The maximum absolute atomic E-state index is 14.2. The van der Waals surface area contributed by atoms with Crippen LogP contribution in [0, 0.1) is 11.8 Å². The number of anilines is 1. The van der Waals surface area contributed by atoms with Crippen molar-refractivity contribution in [3.63, 3.8) is 0 Å². The summed E-state index contributed by atoms with van der Waals surface area (Å²) in [5.74, 6) is -0.368. The summed E-state index contributed by atoms with van der Waals surface area (Å²) >= 11 is 0. The lowest BCUT2D eigenvalue weighted by atomic mass is 10.0. The summed E-state index contributed by atoms with van der Waals surface area (Å²) in [5.41, 5.74) is 3.23. The van der Waals surface area contributed by atoms with Gasteiger partial charge in [-0.15, -0.1) is 0 Å². The van der Waals surface area contributed by atoms with Gasteiger partial charge in [0, 0.05) is 36.6 Å². The molecule has 3 fully saturated rings. The molecule has 248 valence electrons. The topological polar surface area (TPSA) is 156 Å². The number of amides is 2. The molecule has 4 N–H and O–H groups in total. The maximum atomic E-state index is 14.2. The van der Waals surface area contributed by atoms with E-state index in [-0.39, 0.29) is 55.0 Å². The molecule has 2 aromatic rings. The van der Waals surface area contributed by atoms with Crippen LogP contribution < -0.4 is 16.0 Å². The molecule has 0 aromatic heterocycles. The number of carbonyl (C=O) groups is 2. The number of ether oxygens (including phenoxy) is 3. The van der Waals surface area contributed by atoms with Crippen LogP contribution in [0.1, 0.15) is 44.2 Å². The van der Waals surface area contributed by atoms with E-state index in [0.29, 0.717) is 29.9 Å². The van der Waals surface area contributed by atoms with Crippen molar-refractivity contribution in [2.24, 2.45) is 11.8 Å². The molecule has 6 rings (SSSR count). The van der Waals surface area contributed by atoms with Crippen molar-refractivity contribution in [1.82, 2.24) is 14.9 Å². The number of sulfonamides is 1. The minimum absolute atomic E-state index is 0.0215. The summed E-state index contributed by atoms with van der Waals surface area (Å²) in [6.45, 7) is 5.19. The van der Waals surface area contributed by atoms with Crippen molar-refractivity contribution in [3.05, 3.63) is 65.4 Å². The van der Waals surface area contributed by atoms with E-state index < -0.39 is 34.4 Å². The molecule has 0 saturated carbocycles. The molecule has 0 aliphatic carbocycles. The first kappa shape index (κ1) is 32.5. The number of nitrogens with zero attached hydrogens (tertiary/aromatic N) is 1. The molecule has 4 aliphatic rings. The van der Waals surface area contributed by atoms with Crippen molar-refractivity contribution in [2.75, 3.05) is 38.2 Å². The van der Waals surface area contributed by atoms with E-state index in [0.717, 1.165) is 30.6 Å². The Labute approximate surface area is 269 Å². The van der Waals surface area contributed by atoms with Crippen LogP contribution in [0.3, 0.4) is 0 Å². The molecule has 2 aromatic carbocycles. The Morgan fingerprint density at radius 3 is 2.70 bits per heavy atom. The van der Waals surface area contributed by atoms with E-state index in [2.05, 4.69) is 16.0 Å². The lowest BCUT2D eigenvalue weighted by Gasteiger charge is -2.31. The minimum atomic E-state index is -4.12. The summed E-state index contributed by atoms with van der Waals surface area (Å²) < 4.78 is 46.5. The van der Waals surface area contributed by atoms with E-state index in [1.165, 1.54) is 16.4 Å². The van der Waals surface area contributed by atoms with Crippen LogP contribution in [0.15, 0.2) is 59.1 Å². The van der Waals surface area contributed by atoms with E-state index in [1.54, 1.807) is 6.07 Å². The smallest absolute Gasteiger partial charge is 0.407 e. The number of fused-ring (bicyclic) bond motifs is 2. The zero-order valence-electron chi connectivity index (χ0n) is 26.1. The number of aliphatic hydroxyl groups excluding tert-OH is 1. The highest BCUT2D eigenvalue weighted by Crippen LogP contribution is 2.37. The summed E-state index contributed by atoms with van der Waals surface area (Å²) in [6, 6.07) is 13.1. The highest BCUT2D eigenvalue weighted by atomic mass is 32.2. The van der Waals surface area contributed by atoms with Crippen LogP contribution in [0.25, 0.3) is 5.57 Å². The normalized spacial score (nSPS) is 25.2. The summed E-state index contributed by atoms with van der Waals surface area (Å²) in [6.07, 6.45) is -0.255. The lowest BCUT2D eigenvalue weighted by molar-refractivity contribution is -0.110. The van der Waals surface area contributed by atoms with Crippen LogP contribution in [-0.4, -0.2) is 87.2 Å². The first-order chi connectivity index (χ1) is 22.1. The van der Waals surface area contributed by atoms with Gasteiger partial charge in [0.2, 0.25) is 10.0 Å². The molecule has 0 radical (unpaired) electrons. The van der Waals surface area contributed by atoms with Gasteiger partial charge < -0.3 is 35.3 Å². The molecule has 4 aliphatic heterocycles. The average Bonchev–Trinajstić information content (AvgIpc) is 3.82. The molecule has 0 spiro atoms. The quantitative estimate of drug-likeness (QED) is 0.268. The monoisotopic (exact) mass is 654 g/mol. The summed E-state index contributed by atoms with van der Waals surface area (Å²) in [4.78, 5) is 26.0. The van der Waals surface area contributed by atoms with Crippen LogP contribution in [0.5, 0.6) is 0 Å². The highest BCUT2D eigenvalue weighted by Gasteiger charge is 2.44. The van der Waals surface area contributed by atoms with Crippen LogP contribution >= 0.6 is 0 Å². The van der Waals surface area contributed by atoms with Gasteiger partial charge in [-0.3, -0.25) is 4.79 Å². The number of rotatable bonds is 11. The van der Waals surface area contributed by atoms with E-state index in [9.17, 15) is 23.1 Å². The molecule has 46 heavy (non-hydrogen) atoms. The molecule has 13 heteroatoms. The maximum Gasteiger partial charge on any atom is 0.407 e. The second-order valence-corrected chi connectivity index (χ2v) is 14.7. The molecule has 0 bridgehead atoms. The number of nitrogens with one attached hydrogen (secondary N) is 3. The van der Waals surface area contributed by atoms with E-state index in [1.807, 2.05) is 44.2 Å². The molecule has 3 saturated heterocycles. The van der Waals surface area contributed by atoms with Gasteiger partial charge in [0.1, 0.15) is 6.10 Å². The Morgan fingerprint density at radius 2 is 1.96 bits per heavy atom. The van der Waals surface area contributed by atoms with E-state index >= 15 is 0 Å². The average molecular weight is 655 g/mol. The Morgan fingerprint density at radius 1 is 1.15 bits per heavy atom. The Bertz CT molecular complexity index is 1570. The van der Waals surface area contributed by atoms with E-state index in [4.69, 9.17) is 14.2 Å². The number of benzene rings is 2. The first-order valence-corrected chi connectivity index (χ1v) is 17.4. The Kier molecular flexibility index (Phi) is 9.67. The van der Waals surface area contributed by atoms with Gasteiger partial charge in [-0.25, -0.2) is 13.2 Å². The molecule has 5 atom stereocenters. The van der Waals surface area contributed by atoms with Gasteiger partial charge in [-0.1, -0.05) is 44.2 Å². The summed E-state index contributed by atoms with van der Waals surface area (Å²) in [5, 5.41) is 20.5. The fourth-order valence-corrected chi connectivity index (χ4v) is 8.25. The zero-order chi connectivity index (χ0) is 32.4. The molecule has 2 amide bonds. The van der Waals surface area contributed by atoms with Crippen molar-refractivity contribution in [2.45, 2.75) is 69.0 Å². The van der Waals surface area contributed by atoms with Crippen LogP contribution in [0.4, 0.5) is 10.5 Å². The third-order valence-corrected chi connectivity index (χ3v) is 10.7. The minimum Gasteiger partial charge on any atom is -0.443 e. The van der Waals surface area contributed by atoms with Crippen molar-refractivity contribution >= 4 is 33.3 Å². The lowest BCUT2D eigenvalue weighted by Crippen LogP contribution is -2.51. The second kappa shape index (κ2) is 13.7. The number of allylic oxidation sites excluding steroid dienone is 1. The Balaban J connectivity index is 1.23. The fraction of sp³-hybridized carbons (Fsp3) is 0.515. The number of hydrogen-bond donors (Lipinski definition) is 4. The summed E-state index contributed by atoms with van der Waals surface area (Å²) in [7, 11) is -4.12.